The zero-order valence-electron chi connectivity index (χ0n) is 16.1. The van der Waals surface area contributed by atoms with E-state index in [-0.39, 0.29) is 12.3 Å². The number of carbonyl (C=O) groups is 2. The highest BCUT2D eigenvalue weighted by Gasteiger charge is 2.26. The lowest BCUT2D eigenvalue weighted by molar-refractivity contribution is -0.125. The summed E-state index contributed by atoms with van der Waals surface area (Å²) in [5.74, 6) is -1.40. The SMILES string of the molecule is NC(=O)C(Cc1ccc(C(=O)Nc2cc(-c3cccs3)ccc2N)cc1)OP(=O)(O)O. The van der Waals surface area contributed by atoms with Crippen LogP contribution in [0.3, 0.4) is 0 Å². The second-order valence-electron chi connectivity index (χ2n) is 6.62. The van der Waals surface area contributed by atoms with Crippen molar-refractivity contribution in [2.75, 3.05) is 11.1 Å². The molecular weight excluding hydrogens is 441 g/mol. The summed E-state index contributed by atoms with van der Waals surface area (Å²) in [6.45, 7) is 0. The topological polar surface area (TPSA) is 165 Å². The molecule has 2 amide bonds. The van der Waals surface area contributed by atoms with Gasteiger partial charge in [-0.05, 0) is 46.8 Å². The van der Waals surface area contributed by atoms with Gasteiger partial charge in [0, 0.05) is 16.9 Å². The van der Waals surface area contributed by atoms with E-state index in [1.54, 1.807) is 35.6 Å². The summed E-state index contributed by atoms with van der Waals surface area (Å²) < 4.78 is 15.4. The Morgan fingerprint density at radius 3 is 2.42 bits per heavy atom. The third-order valence-electron chi connectivity index (χ3n) is 4.33. The van der Waals surface area contributed by atoms with Crippen LogP contribution in [0.4, 0.5) is 11.4 Å². The van der Waals surface area contributed by atoms with Gasteiger partial charge in [0.2, 0.25) is 5.91 Å². The van der Waals surface area contributed by atoms with E-state index in [2.05, 4.69) is 9.84 Å². The second-order valence-corrected chi connectivity index (χ2v) is 8.76. The summed E-state index contributed by atoms with van der Waals surface area (Å²) in [6, 6.07) is 15.4. The number of hydrogen-bond donors (Lipinski definition) is 5. The fourth-order valence-corrected chi connectivity index (χ4v) is 4.05. The molecule has 9 nitrogen and oxygen atoms in total. The number of phosphoric acid groups is 1. The van der Waals surface area contributed by atoms with Crippen molar-refractivity contribution in [3.63, 3.8) is 0 Å². The van der Waals surface area contributed by atoms with E-state index in [0.29, 0.717) is 22.5 Å². The smallest absolute Gasteiger partial charge is 0.397 e. The van der Waals surface area contributed by atoms with Crippen molar-refractivity contribution in [2.45, 2.75) is 12.5 Å². The van der Waals surface area contributed by atoms with E-state index in [1.165, 1.54) is 12.1 Å². The largest absolute Gasteiger partial charge is 0.470 e. The minimum absolute atomic E-state index is 0.155. The number of nitrogen functional groups attached to an aromatic ring is 1. The van der Waals surface area contributed by atoms with Gasteiger partial charge in [0.15, 0.2) is 6.10 Å². The van der Waals surface area contributed by atoms with Gasteiger partial charge in [0.1, 0.15) is 0 Å². The van der Waals surface area contributed by atoms with Crippen molar-refractivity contribution in [2.24, 2.45) is 5.73 Å². The van der Waals surface area contributed by atoms with E-state index >= 15 is 0 Å². The number of nitrogens with two attached hydrogens (primary N) is 2. The number of primary amides is 1. The van der Waals surface area contributed by atoms with E-state index < -0.39 is 19.8 Å². The highest BCUT2D eigenvalue weighted by Crippen LogP contribution is 2.38. The van der Waals surface area contributed by atoms with Crippen molar-refractivity contribution in [3.8, 4) is 10.4 Å². The van der Waals surface area contributed by atoms with E-state index in [1.807, 2.05) is 23.6 Å². The van der Waals surface area contributed by atoms with E-state index in [0.717, 1.165) is 10.4 Å². The highest BCUT2D eigenvalue weighted by atomic mass is 32.1. The maximum Gasteiger partial charge on any atom is 0.470 e. The van der Waals surface area contributed by atoms with E-state index in [9.17, 15) is 14.2 Å². The molecule has 11 heteroatoms. The molecule has 3 aromatic rings. The minimum Gasteiger partial charge on any atom is -0.397 e. The lowest BCUT2D eigenvalue weighted by atomic mass is 10.0. The fourth-order valence-electron chi connectivity index (χ4n) is 2.82. The van der Waals surface area contributed by atoms with Crippen LogP contribution in [0.1, 0.15) is 15.9 Å². The summed E-state index contributed by atoms with van der Waals surface area (Å²) >= 11 is 1.57. The number of nitrogens with one attached hydrogen (secondary N) is 1. The molecule has 1 atom stereocenters. The van der Waals surface area contributed by atoms with Crippen LogP contribution in [0.2, 0.25) is 0 Å². The number of benzene rings is 2. The molecule has 0 aliphatic heterocycles. The van der Waals surface area contributed by atoms with Crippen molar-refractivity contribution in [1.82, 2.24) is 0 Å². The lowest BCUT2D eigenvalue weighted by Crippen LogP contribution is -2.32. The third-order valence-corrected chi connectivity index (χ3v) is 5.77. The maximum absolute atomic E-state index is 12.6. The predicted octanol–water partition coefficient (Wildman–Crippen LogP) is 2.76. The standard InChI is InChI=1S/C20H20N3O6PS/c21-15-8-7-14(18-2-1-9-31-18)11-16(15)23-20(25)13-5-3-12(4-6-13)10-17(19(22)24)29-30(26,27)28/h1-9,11,17H,10,21H2,(H2,22,24)(H,23,25)(H2,26,27,28). The van der Waals surface area contributed by atoms with Crippen LogP contribution in [0.15, 0.2) is 60.0 Å². The van der Waals surface area contributed by atoms with Gasteiger partial charge in [-0.15, -0.1) is 11.3 Å². The van der Waals surface area contributed by atoms with E-state index in [4.69, 9.17) is 21.3 Å². The average Bonchev–Trinajstić information content (AvgIpc) is 3.23. The van der Waals surface area contributed by atoms with Crippen LogP contribution in [0.5, 0.6) is 0 Å². The van der Waals surface area contributed by atoms with Crippen molar-refractivity contribution in [1.29, 1.82) is 0 Å². The molecule has 2 aromatic carbocycles. The fraction of sp³-hybridized carbons (Fsp3) is 0.100. The molecule has 0 saturated carbocycles. The van der Waals surface area contributed by atoms with Crippen LogP contribution in [-0.2, 0) is 20.3 Å². The molecule has 0 radical (unpaired) electrons. The van der Waals surface area contributed by atoms with Gasteiger partial charge >= 0.3 is 7.82 Å². The highest BCUT2D eigenvalue weighted by molar-refractivity contribution is 7.46. The first kappa shape index (κ1) is 22.7. The van der Waals surface area contributed by atoms with Gasteiger partial charge in [-0.1, -0.05) is 24.3 Å². The third kappa shape index (κ3) is 6.24. The summed E-state index contributed by atoms with van der Waals surface area (Å²) in [4.78, 5) is 42.8. The number of thiophene rings is 1. The summed E-state index contributed by atoms with van der Waals surface area (Å²) in [7, 11) is -4.88. The molecule has 0 fully saturated rings. The molecule has 0 aliphatic carbocycles. The molecule has 162 valence electrons. The monoisotopic (exact) mass is 461 g/mol. The van der Waals surface area contributed by atoms with Crippen molar-refractivity contribution in [3.05, 3.63) is 71.1 Å². The van der Waals surface area contributed by atoms with Gasteiger partial charge in [-0.3, -0.25) is 14.1 Å². The minimum atomic E-state index is -4.88. The molecule has 0 aliphatic rings. The van der Waals surface area contributed by atoms with Gasteiger partial charge in [0.05, 0.1) is 11.4 Å². The second kappa shape index (κ2) is 9.42. The van der Waals surface area contributed by atoms with Crippen LogP contribution in [0.25, 0.3) is 10.4 Å². The Morgan fingerprint density at radius 1 is 1.13 bits per heavy atom. The van der Waals surface area contributed by atoms with Gasteiger partial charge in [0.25, 0.3) is 5.91 Å². The first-order chi connectivity index (χ1) is 14.6. The summed E-state index contributed by atoms with van der Waals surface area (Å²) in [5, 5.41) is 4.73. The van der Waals surface area contributed by atoms with Crippen LogP contribution in [-0.4, -0.2) is 27.7 Å². The molecule has 0 spiro atoms. The Labute approximate surface area is 181 Å². The van der Waals surface area contributed by atoms with Crippen LogP contribution in [0, 0.1) is 0 Å². The molecular formula is C20H20N3O6PS. The Kier molecular flexibility index (Phi) is 6.89. The average molecular weight is 461 g/mol. The maximum atomic E-state index is 12.6. The normalized spacial score (nSPS) is 12.3. The number of rotatable bonds is 8. The Hall–Kier alpha value is -3.01. The molecule has 7 N–H and O–H groups in total. The van der Waals surface area contributed by atoms with Crippen LogP contribution < -0.4 is 16.8 Å². The van der Waals surface area contributed by atoms with Crippen LogP contribution >= 0.6 is 19.2 Å². The number of hydrogen-bond acceptors (Lipinski definition) is 6. The Morgan fingerprint density at radius 2 is 1.84 bits per heavy atom. The molecule has 3 rings (SSSR count). The van der Waals surface area contributed by atoms with Crippen molar-refractivity contribution >= 4 is 42.3 Å². The van der Waals surface area contributed by atoms with Gasteiger partial charge in [-0.25, -0.2) is 4.57 Å². The van der Waals surface area contributed by atoms with Gasteiger partial charge in [-0.2, -0.15) is 0 Å². The first-order valence-electron chi connectivity index (χ1n) is 8.99. The predicted molar refractivity (Wildman–Crippen MR) is 118 cm³/mol. The molecule has 1 aromatic heterocycles. The summed E-state index contributed by atoms with van der Waals surface area (Å²) in [6.07, 6.45) is -1.65. The number of carbonyl (C=O) groups excluding carboxylic acids is 2. The lowest BCUT2D eigenvalue weighted by Gasteiger charge is -2.15. The number of phosphoric ester groups is 1. The first-order valence-corrected chi connectivity index (χ1v) is 11.4. The Balaban J connectivity index is 1.71. The molecule has 0 bridgehead atoms. The summed E-state index contributed by atoms with van der Waals surface area (Å²) in [5.41, 5.74) is 13.8. The molecule has 31 heavy (non-hydrogen) atoms. The van der Waals surface area contributed by atoms with Gasteiger partial charge < -0.3 is 26.6 Å². The number of anilines is 2. The zero-order chi connectivity index (χ0) is 22.6. The quantitative estimate of drug-likeness (QED) is 0.254. The number of amides is 2. The molecule has 1 unspecified atom stereocenters. The zero-order valence-corrected chi connectivity index (χ0v) is 17.8. The van der Waals surface area contributed by atoms with Crippen molar-refractivity contribution < 1.29 is 28.5 Å². The Bertz CT molecular complexity index is 1130. The molecule has 0 saturated heterocycles. The molecule has 1 heterocycles.